The van der Waals surface area contributed by atoms with Crippen LogP contribution in [0.4, 0.5) is 0 Å². The van der Waals surface area contributed by atoms with Crippen molar-refractivity contribution >= 4 is 29.1 Å². The Balaban J connectivity index is 2.26. The minimum atomic E-state index is -0.197. The van der Waals surface area contributed by atoms with Gasteiger partial charge >= 0.3 is 0 Å². The largest absolute Gasteiger partial charge is 0.355 e. The fraction of sp³-hybridized carbons (Fsp3) is 0.562. The van der Waals surface area contributed by atoms with Gasteiger partial charge in [-0.2, -0.15) is 0 Å². The van der Waals surface area contributed by atoms with Gasteiger partial charge in [0.25, 0.3) is 0 Å². The fourth-order valence-electron chi connectivity index (χ4n) is 1.98. The molecule has 0 radical (unpaired) electrons. The molecule has 0 saturated heterocycles. The lowest BCUT2D eigenvalue weighted by Gasteiger charge is -2.14. The summed E-state index contributed by atoms with van der Waals surface area (Å²) in [5.41, 5.74) is 1.03. The lowest BCUT2D eigenvalue weighted by atomic mass is 10.1. The molecule has 0 aromatic heterocycles. The summed E-state index contributed by atoms with van der Waals surface area (Å²) < 4.78 is 0. The van der Waals surface area contributed by atoms with E-state index in [0.717, 1.165) is 37.8 Å². The Morgan fingerprint density at radius 1 is 1.24 bits per heavy atom. The standard InChI is InChI=1S/C16H24Cl2N2O/c1-3-4-5-9-20-16(21)12(2)19-10-8-13-6-7-14(17)11-15(13)18/h6-7,11-12,19H,3-5,8-10H2,1-2H3,(H,20,21). The summed E-state index contributed by atoms with van der Waals surface area (Å²) in [7, 11) is 0. The zero-order valence-electron chi connectivity index (χ0n) is 12.7. The Morgan fingerprint density at radius 2 is 2.00 bits per heavy atom. The van der Waals surface area contributed by atoms with Crippen LogP contribution in [0.5, 0.6) is 0 Å². The molecular formula is C16H24Cl2N2O. The van der Waals surface area contributed by atoms with Gasteiger partial charge in [-0.05, 0) is 44.0 Å². The number of carbonyl (C=O) groups excluding carboxylic acids is 1. The van der Waals surface area contributed by atoms with Gasteiger partial charge in [-0.15, -0.1) is 0 Å². The molecule has 0 aliphatic heterocycles. The number of carbonyl (C=O) groups is 1. The molecule has 0 fully saturated rings. The van der Waals surface area contributed by atoms with Gasteiger partial charge in [-0.25, -0.2) is 0 Å². The topological polar surface area (TPSA) is 41.1 Å². The molecule has 21 heavy (non-hydrogen) atoms. The summed E-state index contributed by atoms with van der Waals surface area (Å²) >= 11 is 12.0. The van der Waals surface area contributed by atoms with Crippen LogP contribution in [-0.2, 0) is 11.2 Å². The number of nitrogens with one attached hydrogen (secondary N) is 2. The summed E-state index contributed by atoms with van der Waals surface area (Å²) in [6.45, 7) is 5.47. The van der Waals surface area contributed by atoms with Crippen molar-refractivity contribution in [1.29, 1.82) is 0 Å². The van der Waals surface area contributed by atoms with Gasteiger partial charge in [0, 0.05) is 16.6 Å². The molecule has 0 heterocycles. The molecule has 0 aliphatic carbocycles. The van der Waals surface area contributed by atoms with E-state index in [0.29, 0.717) is 16.6 Å². The fourth-order valence-corrected chi connectivity index (χ4v) is 2.48. The van der Waals surface area contributed by atoms with Gasteiger partial charge in [0.1, 0.15) is 0 Å². The average Bonchev–Trinajstić information content (AvgIpc) is 2.45. The normalized spacial score (nSPS) is 12.2. The first kappa shape index (κ1) is 18.3. The number of hydrogen-bond acceptors (Lipinski definition) is 2. The van der Waals surface area contributed by atoms with Gasteiger partial charge in [0.15, 0.2) is 0 Å². The Bertz CT molecular complexity index is 452. The minimum Gasteiger partial charge on any atom is -0.355 e. The Hall–Kier alpha value is -0.770. The summed E-state index contributed by atoms with van der Waals surface area (Å²) in [6, 6.07) is 5.29. The average molecular weight is 331 g/mol. The third-order valence-electron chi connectivity index (χ3n) is 3.33. The zero-order valence-corrected chi connectivity index (χ0v) is 14.2. The maximum atomic E-state index is 11.8. The van der Waals surface area contributed by atoms with Crippen molar-refractivity contribution in [3.8, 4) is 0 Å². The van der Waals surface area contributed by atoms with Crippen molar-refractivity contribution in [1.82, 2.24) is 10.6 Å². The third-order valence-corrected chi connectivity index (χ3v) is 3.92. The molecule has 0 saturated carbocycles. The number of amides is 1. The summed E-state index contributed by atoms with van der Waals surface area (Å²) in [5.74, 6) is 0.0494. The lowest BCUT2D eigenvalue weighted by Crippen LogP contribution is -2.43. The van der Waals surface area contributed by atoms with E-state index in [1.165, 1.54) is 0 Å². The van der Waals surface area contributed by atoms with Crippen LogP contribution < -0.4 is 10.6 Å². The van der Waals surface area contributed by atoms with E-state index in [2.05, 4.69) is 17.6 Å². The Morgan fingerprint density at radius 3 is 2.67 bits per heavy atom. The van der Waals surface area contributed by atoms with Crippen molar-refractivity contribution < 1.29 is 4.79 Å². The van der Waals surface area contributed by atoms with Crippen LogP contribution in [0.15, 0.2) is 18.2 Å². The Kier molecular flexibility index (Phi) is 8.74. The predicted molar refractivity (Wildman–Crippen MR) is 90.2 cm³/mol. The lowest BCUT2D eigenvalue weighted by molar-refractivity contribution is -0.122. The van der Waals surface area contributed by atoms with E-state index in [1.807, 2.05) is 19.1 Å². The first-order valence-electron chi connectivity index (χ1n) is 7.49. The van der Waals surface area contributed by atoms with E-state index >= 15 is 0 Å². The molecule has 0 bridgehead atoms. The number of halogens is 2. The molecule has 1 atom stereocenters. The van der Waals surface area contributed by atoms with Crippen molar-refractivity contribution in [2.24, 2.45) is 0 Å². The molecule has 1 rings (SSSR count). The molecule has 0 spiro atoms. The van der Waals surface area contributed by atoms with Gasteiger partial charge in [-0.3, -0.25) is 4.79 Å². The molecule has 0 aliphatic rings. The number of hydrogen-bond donors (Lipinski definition) is 2. The molecule has 5 heteroatoms. The summed E-state index contributed by atoms with van der Waals surface area (Å²) in [4.78, 5) is 11.8. The molecule has 1 unspecified atom stereocenters. The first-order valence-corrected chi connectivity index (χ1v) is 8.25. The minimum absolute atomic E-state index is 0.0494. The van der Waals surface area contributed by atoms with Crippen LogP contribution in [0, 0.1) is 0 Å². The molecule has 2 N–H and O–H groups in total. The van der Waals surface area contributed by atoms with Gasteiger partial charge in [-0.1, -0.05) is 49.0 Å². The highest BCUT2D eigenvalue weighted by Crippen LogP contribution is 2.21. The maximum absolute atomic E-state index is 11.8. The SMILES string of the molecule is CCCCCNC(=O)C(C)NCCc1ccc(Cl)cc1Cl. The smallest absolute Gasteiger partial charge is 0.236 e. The van der Waals surface area contributed by atoms with Gasteiger partial charge in [0.2, 0.25) is 5.91 Å². The van der Waals surface area contributed by atoms with E-state index in [9.17, 15) is 4.79 Å². The number of unbranched alkanes of at least 4 members (excludes halogenated alkanes) is 2. The summed E-state index contributed by atoms with van der Waals surface area (Å²) in [6.07, 6.45) is 4.11. The van der Waals surface area contributed by atoms with Crippen LogP contribution in [0.2, 0.25) is 10.0 Å². The van der Waals surface area contributed by atoms with Crippen molar-refractivity contribution in [3.05, 3.63) is 33.8 Å². The molecule has 1 aromatic rings. The van der Waals surface area contributed by atoms with Gasteiger partial charge in [0.05, 0.1) is 6.04 Å². The van der Waals surface area contributed by atoms with Crippen molar-refractivity contribution in [2.75, 3.05) is 13.1 Å². The van der Waals surface area contributed by atoms with E-state index in [-0.39, 0.29) is 11.9 Å². The molecular weight excluding hydrogens is 307 g/mol. The van der Waals surface area contributed by atoms with Crippen LogP contribution in [0.3, 0.4) is 0 Å². The maximum Gasteiger partial charge on any atom is 0.236 e. The highest BCUT2D eigenvalue weighted by Gasteiger charge is 2.11. The highest BCUT2D eigenvalue weighted by molar-refractivity contribution is 6.35. The van der Waals surface area contributed by atoms with Crippen molar-refractivity contribution in [3.63, 3.8) is 0 Å². The van der Waals surface area contributed by atoms with Crippen LogP contribution >= 0.6 is 23.2 Å². The van der Waals surface area contributed by atoms with Gasteiger partial charge < -0.3 is 10.6 Å². The van der Waals surface area contributed by atoms with E-state index in [1.54, 1.807) is 6.07 Å². The van der Waals surface area contributed by atoms with E-state index in [4.69, 9.17) is 23.2 Å². The third kappa shape index (κ3) is 7.16. The molecule has 118 valence electrons. The second kappa shape index (κ2) is 10.0. The molecule has 1 amide bonds. The van der Waals surface area contributed by atoms with E-state index < -0.39 is 0 Å². The predicted octanol–water partition coefficient (Wildman–Crippen LogP) is 3.82. The molecule has 3 nitrogen and oxygen atoms in total. The second-order valence-electron chi connectivity index (χ2n) is 5.16. The van der Waals surface area contributed by atoms with Crippen LogP contribution in [-0.4, -0.2) is 25.0 Å². The monoisotopic (exact) mass is 330 g/mol. The van der Waals surface area contributed by atoms with Crippen LogP contribution in [0.1, 0.15) is 38.7 Å². The molecule has 1 aromatic carbocycles. The van der Waals surface area contributed by atoms with Crippen molar-refractivity contribution in [2.45, 2.75) is 45.6 Å². The first-order chi connectivity index (χ1) is 10.0. The number of rotatable bonds is 9. The second-order valence-corrected chi connectivity index (χ2v) is 6.00. The van der Waals surface area contributed by atoms with Crippen LogP contribution in [0.25, 0.3) is 0 Å². The number of benzene rings is 1. The quantitative estimate of drug-likeness (QED) is 0.676. The summed E-state index contributed by atoms with van der Waals surface area (Å²) in [5, 5.41) is 7.45. The Labute approximate surface area is 137 Å². The highest BCUT2D eigenvalue weighted by atomic mass is 35.5. The zero-order chi connectivity index (χ0) is 15.7.